The van der Waals surface area contributed by atoms with Crippen LogP contribution in [0.4, 0.5) is 0 Å². The first-order valence-electron chi connectivity index (χ1n) is 3.25. The van der Waals surface area contributed by atoms with Gasteiger partial charge in [0.25, 0.3) is 0 Å². The molecule has 0 aromatic heterocycles. The van der Waals surface area contributed by atoms with Gasteiger partial charge in [0.2, 0.25) is 0 Å². The lowest BCUT2D eigenvalue weighted by molar-refractivity contribution is 1.39. The Kier molecular flexibility index (Phi) is 3.04. The Hall–Kier alpha value is -0.750. The molecule has 0 N–H and O–H groups in total. The Morgan fingerprint density at radius 3 is 2.80 bits per heavy atom. The van der Waals surface area contributed by atoms with E-state index in [1.54, 1.807) is 0 Å². The molecule has 0 atom stereocenters. The molecule has 0 fully saturated rings. The number of allylic oxidation sites excluding steroid dienone is 8. The molecule has 0 saturated heterocycles. The van der Waals surface area contributed by atoms with Crippen molar-refractivity contribution in [1.29, 1.82) is 0 Å². The van der Waals surface area contributed by atoms with Gasteiger partial charge < -0.3 is 0 Å². The lowest BCUT2D eigenvalue weighted by atomic mass is 10.3. The molecule has 0 nitrogen and oxygen atoms in total. The number of halogens is 1. The van der Waals surface area contributed by atoms with Crippen LogP contribution in [-0.2, 0) is 0 Å². The van der Waals surface area contributed by atoms with Crippen molar-refractivity contribution in [3.05, 3.63) is 47.6 Å². The molecule has 0 unspecified atom stereocenters. The summed E-state index contributed by atoms with van der Waals surface area (Å²) in [6, 6.07) is 0. The monoisotopic (exact) mass is 152 g/mol. The summed E-state index contributed by atoms with van der Waals surface area (Å²) in [7, 11) is 0. The molecular weight excluding hydrogens is 144 g/mol. The van der Waals surface area contributed by atoms with Crippen LogP contribution in [0.5, 0.6) is 0 Å². The highest BCUT2D eigenvalue weighted by atomic mass is 35.5. The van der Waals surface area contributed by atoms with Crippen LogP contribution in [0.2, 0.25) is 0 Å². The van der Waals surface area contributed by atoms with Gasteiger partial charge in [-0.15, -0.1) is 0 Å². The van der Waals surface area contributed by atoms with E-state index in [4.69, 9.17) is 11.6 Å². The highest BCUT2D eigenvalue weighted by molar-refractivity contribution is 6.31. The number of hydrogen-bond donors (Lipinski definition) is 0. The Bertz CT molecular complexity index is 204. The van der Waals surface area contributed by atoms with Crippen molar-refractivity contribution in [1.82, 2.24) is 0 Å². The first-order valence-corrected chi connectivity index (χ1v) is 3.63. The minimum atomic E-state index is 0.802. The van der Waals surface area contributed by atoms with Crippen LogP contribution < -0.4 is 0 Å². The Labute approximate surface area is 66.2 Å². The van der Waals surface area contributed by atoms with Crippen molar-refractivity contribution in [2.24, 2.45) is 0 Å². The second-order valence-corrected chi connectivity index (χ2v) is 2.43. The van der Waals surface area contributed by atoms with E-state index in [1.807, 2.05) is 36.5 Å². The molecule has 0 saturated carbocycles. The summed E-state index contributed by atoms with van der Waals surface area (Å²) < 4.78 is 0. The zero-order chi connectivity index (χ0) is 7.23. The van der Waals surface area contributed by atoms with Gasteiger partial charge in [0, 0.05) is 5.03 Å². The normalized spacial score (nSPS) is 27.1. The maximum absolute atomic E-state index is 5.77. The van der Waals surface area contributed by atoms with Crippen molar-refractivity contribution < 1.29 is 0 Å². The SMILES string of the molecule is ClC1=CC\C=C/C=C\C=C/1. The number of rotatable bonds is 0. The fraction of sp³-hybridized carbons (Fsp3) is 0.111. The zero-order valence-corrected chi connectivity index (χ0v) is 6.38. The van der Waals surface area contributed by atoms with Crippen LogP contribution in [0.25, 0.3) is 0 Å². The predicted molar refractivity (Wildman–Crippen MR) is 46.0 cm³/mol. The summed E-state index contributed by atoms with van der Waals surface area (Å²) in [6.07, 6.45) is 14.7. The zero-order valence-electron chi connectivity index (χ0n) is 5.63. The highest BCUT2D eigenvalue weighted by Crippen LogP contribution is 2.06. The molecule has 52 valence electrons. The van der Waals surface area contributed by atoms with E-state index < -0.39 is 0 Å². The van der Waals surface area contributed by atoms with Gasteiger partial charge >= 0.3 is 0 Å². The molecule has 0 aromatic carbocycles. The highest BCUT2D eigenvalue weighted by Gasteiger charge is 1.82. The topological polar surface area (TPSA) is 0 Å². The van der Waals surface area contributed by atoms with Crippen molar-refractivity contribution >= 4 is 11.6 Å². The Morgan fingerprint density at radius 1 is 1.10 bits per heavy atom. The van der Waals surface area contributed by atoms with Gasteiger partial charge in [0.15, 0.2) is 0 Å². The molecule has 1 aliphatic rings. The van der Waals surface area contributed by atoms with Crippen molar-refractivity contribution in [2.75, 3.05) is 0 Å². The smallest absolute Gasteiger partial charge is 0.0369 e. The lowest BCUT2D eigenvalue weighted by Gasteiger charge is -1.83. The van der Waals surface area contributed by atoms with Gasteiger partial charge in [-0.3, -0.25) is 0 Å². The Morgan fingerprint density at radius 2 is 1.90 bits per heavy atom. The van der Waals surface area contributed by atoms with Gasteiger partial charge in [-0.25, -0.2) is 0 Å². The van der Waals surface area contributed by atoms with Crippen molar-refractivity contribution in [3.63, 3.8) is 0 Å². The molecule has 0 spiro atoms. The van der Waals surface area contributed by atoms with Crippen molar-refractivity contribution in [3.8, 4) is 0 Å². The van der Waals surface area contributed by atoms with Gasteiger partial charge in [0.1, 0.15) is 0 Å². The van der Waals surface area contributed by atoms with Gasteiger partial charge in [-0.1, -0.05) is 48.1 Å². The van der Waals surface area contributed by atoms with Gasteiger partial charge in [-0.2, -0.15) is 0 Å². The minimum Gasteiger partial charge on any atom is -0.0847 e. The van der Waals surface area contributed by atoms with E-state index in [0.29, 0.717) is 0 Å². The molecule has 0 radical (unpaired) electrons. The average Bonchev–Trinajstić information content (AvgIpc) is 2.02. The van der Waals surface area contributed by atoms with E-state index in [1.165, 1.54) is 0 Å². The summed E-state index contributed by atoms with van der Waals surface area (Å²) in [5.41, 5.74) is 0. The van der Waals surface area contributed by atoms with E-state index in [2.05, 4.69) is 6.08 Å². The molecule has 1 aliphatic carbocycles. The van der Waals surface area contributed by atoms with E-state index in [9.17, 15) is 0 Å². The van der Waals surface area contributed by atoms with Crippen LogP contribution in [-0.4, -0.2) is 0 Å². The summed E-state index contributed by atoms with van der Waals surface area (Å²) in [6.45, 7) is 0. The molecule has 1 heteroatoms. The van der Waals surface area contributed by atoms with Crippen LogP contribution in [0.15, 0.2) is 47.6 Å². The Balaban J connectivity index is 2.72. The van der Waals surface area contributed by atoms with Crippen LogP contribution in [0, 0.1) is 0 Å². The molecule has 0 amide bonds. The fourth-order valence-corrected chi connectivity index (χ4v) is 0.843. The van der Waals surface area contributed by atoms with Crippen LogP contribution in [0.3, 0.4) is 0 Å². The molecule has 0 heterocycles. The minimum absolute atomic E-state index is 0.802. The van der Waals surface area contributed by atoms with Crippen molar-refractivity contribution in [2.45, 2.75) is 6.42 Å². The maximum atomic E-state index is 5.77. The summed E-state index contributed by atoms with van der Waals surface area (Å²) >= 11 is 5.77. The first-order chi connectivity index (χ1) is 4.89. The van der Waals surface area contributed by atoms with Crippen LogP contribution >= 0.6 is 11.6 Å². The van der Waals surface area contributed by atoms with E-state index >= 15 is 0 Å². The molecule has 10 heavy (non-hydrogen) atoms. The predicted octanol–water partition coefficient (Wildman–Crippen LogP) is 3.18. The summed E-state index contributed by atoms with van der Waals surface area (Å²) in [5, 5.41) is 0.802. The van der Waals surface area contributed by atoms with E-state index in [-0.39, 0.29) is 0 Å². The molecule has 1 rings (SSSR count). The fourth-order valence-electron chi connectivity index (χ4n) is 0.682. The second-order valence-electron chi connectivity index (χ2n) is 2.00. The summed E-state index contributed by atoms with van der Waals surface area (Å²) in [4.78, 5) is 0. The molecular formula is C9H9Cl. The lowest BCUT2D eigenvalue weighted by Crippen LogP contribution is -1.61. The van der Waals surface area contributed by atoms with E-state index in [0.717, 1.165) is 11.5 Å². The molecule has 0 aliphatic heterocycles. The van der Waals surface area contributed by atoms with Gasteiger partial charge in [-0.05, 0) is 12.5 Å². The largest absolute Gasteiger partial charge is 0.0847 e. The van der Waals surface area contributed by atoms with Gasteiger partial charge in [0.05, 0.1) is 0 Å². The summed E-state index contributed by atoms with van der Waals surface area (Å²) in [5.74, 6) is 0. The third kappa shape index (κ3) is 2.70. The second kappa shape index (κ2) is 4.13. The standard InChI is InChI=1S/C9H9Cl/c10-9-7-5-3-1-2-4-6-8-9/h1-5,7-8H,6H2/b3-1-,4-2-,7-5-,9-8?. The third-order valence-electron chi connectivity index (χ3n) is 1.17. The third-order valence-corrected chi connectivity index (χ3v) is 1.45. The maximum Gasteiger partial charge on any atom is 0.0369 e. The average molecular weight is 153 g/mol. The van der Waals surface area contributed by atoms with Crippen LogP contribution in [0.1, 0.15) is 6.42 Å². The first kappa shape index (κ1) is 7.36. The molecule has 0 aromatic rings. The number of hydrogen-bond acceptors (Lipinski definition) is 0. The molecule has 0 bridgehead atoms. The quantitative estimate of drug-likeness (QED) is 0.500.